The summed E-state index contributed by atoms with van der Waals surface area (Å²) in [5.41, 5.74) is 0.370. The molecular weight excluding hydrogens is 372 g/mol. The van der Waals surface area contributed by atoms with Crippen molar-refractivity contribution in [3.05, 3.63) is 18.2 Å². The Morgan fingerprint density at radius 2 is 1.81 bits per heavy atom. The number of nitrogens with zero attached hydrogens (tertiary/aromatic N) is 1. The number of hydrogen-bond donors (Lipinski definition) is 2. The number of amides is 1. The molecule has 0 spiro atoms. The van der Waals surface area contributed by atoms with Crippen molar-refractivity contribution in [1.29, 1.82) is 0 Å². The molecule has 1 heterocycles. The third-order valence-electron chi connectivity index (χ3n) is 4.42. The van der Waals surface area contributed by atoms with Crippen molar-refractivity contribution in [2.45, 2.75) is 49.8 Å². The molecule has 150 valence electrons. The predicted molar refractivity (Wildman–Crippen MR) is 100 cm³/mol. The van der Waals surface area contributed by atoms with Gasteiger partial charge in [0.15, 0.2) is 0 Å². The number of methoxy groups -OCH3 is 1. The molecule has 8 nitrogen and oxygen atoms in total. The standard InChI is InChI=1S/C18H26N2O6S/c1-26-15-10-9-14(19-17(21)7-3-4-8-18(22)23)13-16(15)27(24,25)20-11-5-2-6-12-20/h9-10,13H,2-8,11-12H2,1H3,(H,19,21)(H,22,23). The van der Waals surface area contributed by atoms with Gasteiger partial charge in [0.05, 0.1) is 7.11 Å². The van der Waals surface area contributed by atoms with Gasteiger partial charge < -0.3 is 15.2 Å². The number of aliphatic carboxylic acids is 1. The van der Waals surface area contributed by atoms with Crippen LogP contribution in [0.1, 0.15) is 44.9 Å². The summed E-state index contributed by atoms with van der Waals surface area (Å²) < 4.78 is 32.6. The van der Waals surface area contributed by atoms with Gasteiger partial charge in [-0.2, -0.15) is 4.31 Å². The number of anilines is 1. The molecule has 1 fully saturated rings. The van der Waals surface area contributed by atoms with Gasteiger partial charge >= 0.3 is 5.97 Å². The molecule has 0 aliphatic carbocycles. The van der Waals surface area contributed by atoms with Crippen LogP contribution in [0.4, 0.5) is 5.69 Å². The predicted octanol–water partition coefficient (Wildman–Crippen LogP) is 2.45. The highest BCUT2D eigenvalue weighted by Crippen LogP contribution is 2.31. The summed E-state index contributed by atoms with van der Waals surface area (Å²) in [5.74, 6) is -0.940. The lowest BCUT2D eigenvalue weighted by Gasteiger charge is -2.26. The van der Waals surface area contributed by atoms with Crippen molar-refractivity contribution in [3.63, 3.8) is 0 Å². The van der Waals surface area contributed by atoms with Gasteiger partial charge in [-0.15, -0.1) is 0 Å². The number of carbonyl (C=O) groups is 2. The monoisotopic (exact) mass is 398 g/mol. The van der Waals surface area contributed by atoms with E-state index in [1.807, 2.05) is 0 Å². The van der Waals surface area contributed by atoms with Gasteiger partial charge in [-0.05, 0) is 43.9 Å². The van der Waals surface area contributed by atoms with E-state index in [0.29, 0.717) is 31.6 Å². The van der Waals surface area contributed by atoms with Crippen LogP contribution >= 0.6 is 0 Å². The molecule has 0 saturated carbocycles. The zero-order valence-electron chi connectivity index (χ0n) is 15.4. The normalized spacial score (nSPS) is 15.3. The summed E-state index contributed by atoms with van der Waals surface area (Å²) in [4.78, 5) is 22.5. The van der Waals surface area contributed by atoms with Crippen LogP contribution in [0.15, 0.2) is 23.1 Å². The number of carboxylic acid groups (broad SMARTS) is 1. The van der Waals surface area contributed by atoms with Crippen molar-refractivity contribution in [2.75, 3.05) is 25.5 Å². The molecule has 27 heavy (non-hydrogen) atoms. The lowest BCUT2D eigenvalue weighted by molar-refractivity contribution is -0.137. The van der Waals surface area contributed by atoms with Gasteiger partial charge in [-0.25, -0.2) is 8.42 Å². The smallest absolute Gasteiger partial charge is 0.303 e. The number of benzene rings is 1. The molecule has 1 amide bonds. The molecular formula is C18H26N2O6S. The molecule has 0 atom stereocenters. The van der Waals surface area contributed by atoms with Gasteiger partial charge in [-0.3, -0.25) is 9.59 Å². The molecule has 2 N–H and O–H groups in total. The molecule has 1 aromatic carbocycles. The second-order valence-corrected chi connectivity index (χ2v) is 8.39. The highest BCUT2D eigenvalue weighted by atomic mass is 32.2. The topological polar surface area (TPSA) is 113 Å². The quantitative estimate of drug-likeness (QED) is 0.618. The summed E-state index contributed by atoms with van der Waals surface area (Å²) in [7, 11) is -2.29. The number of hydrogen-bond acceptors (Lipinski definition) is 5. The second kappa shape index (κ2) is 9.70. The summed E-state index contributed by atoms with van der Waals surface area (Å²) >= 11 is 0. The van der Waals surface area contributed by atoms with E-state index in [1.165, 1.54) is 23.5 Å². The van der Waals surface area contributed by atoms with Crippen molar-refractivity contribution in [1.82, 2.24) is 4.31 Å². The van der Waals surface area contributed by atoms with Gasteiger partial charge in [0, 0.05) is 31.6 Å². The first-order chi connectivity index (χ1) is 12.8. The molecule has 1 aromatic rings. The Morgan fingerprint density at radius 3 is 2.44 bits per heavy atom. The Balaban J connectivity index is 2.10. The van der Waals surface area contributed by atoms with E-state index < -0.39 is 16.0 Å². The van der Waals surface area contributed by atoms with Crippen LogP contribution in [0.5, 0.6) is 5.75 Å². The first-order valence-electron chi connectivity index (χ1n) is 9.04. The lowest BCUT2D eigenvalue weighted by atomic mass is 10.2. The third-order valence-corrected chi connectivity index (χ3v) is 6.34. The van der Waals surface area contributed by atoms with E-state index in [9.17, 15) is 18.0 Å². The summed E-state index contributed by atoms with van der Waals surface area (Å²) in [5, 5.41) is 11.3. The zero-order valence-corrected chi connectivity index (χ0v) is 16.3. The highest BCUT2D eigenvalue weighted by molar-refractivity contribution is 7.89. The number of sulfonamides is 1. The maximum absolute atomic E-state index is 13.0. The van der Waals surface area contributed by atoms with E-state index in [2.05, 4.69) is 5.32 Å². The third kappa shape index (κ3) is 5.93. The fraction of sp³-hybridized carbons (Fsp3) is 0.556. The lowest BCUT2D eigenvalue weighted by Crippen LogP contribution is -2.35. The number of carbonyl (C=O) groups excluding carboxylic acids is 1. The number of ether oxygens (including phenoxy) is 1. The summed E-state index contributed by atoms with van der Waals surface area (Å²) in [6.45, 7) is 0.956. The fourth-order valence-electron chi connectivity index (χ4n) is 2.99. The van der Waals surface area contributed by atoms with E-state index in [1.54, 1.807) is 6.07 Å². The van der Waals surface area contributed by atoms with Gasteiger partial charge in [-0.1, -0.05) is 6.42 Å². The molecule has 1 aliphatic heterocycles. The van der Waals surface area contributed by atoms with Gasteiger partial charge in [0.25, 0.3) is 0 Å². The Morgan fingerprint density at radius 1 is 1.15 bits per heavy atom. The largest absolute Gasteiger partial charge is 0.495 e. The van der Waals surface area contributed by atoms with Gasteiger partial charge in [0.1, 0.15) is 10.6 Å². The first kappa shape index (κ1) is 21.2. The minimum Gasteiger partial charge on any atom is -0.495 e. The van der Waals surface area contributed by atoms with Crippen molar-refractivity contribution in [3.8, 4) is 5.75 Å². The minimum atomic E-state index is -3.70. The summed E-state index contributed by atoms with van der Waals surface area (Å²) in [6.07, 6.45) is 3.73. The Bertz CT molecular complexity index is 772. The molecule has 0 radical (unpaired) electrons. The van der Waals surface area contributed by atoms with Crippen LogP contribution in [0, 0.1) is 0 Å². The van der Waals surface area contributed by atoms with Crippen LogP contribution in [0.3, 0.4) is 0 Å². The van der Waals surface area contributed by atoms with Crippen LogP contribution in [0.2, 0.25) is 0 Å². The van der Waals surface area contributed by atoms with Crippen LogP contribution < -0.4 is 10.1 Å². The number of nitrogens with one attached hydrogen (secondary N) is 1. The summed E-state index contributed by atoms with van der Waals surface area (Å²) in [6, 6.07) is 4.53. The minimum absolute atomic E-state index is 0.0219. The Hall–Kier alpha value is -2.13. The van der Waals surface area contributed by atoms with E-state index in [-0.39, 0.29) is 29.4 Å². The van der Waals surface area contributed by atoms with Crippen molar-refractivity contribution >= 4 is 27.6 Å². The number of unbranched alkanes of at least 4 members (excludes halogenated alkanes) is 1. The SMILES string of the molecule is COc1ccc(NC(=O)CCCCC(=O)O)cc1S(=O)(=O)N1CCCCC1. The highest BCUT2D eigenvalue weighted by Gasteiger charge is 2.29. The average molecular weight is 398 g/mol. The molecule has 9 heteroatoms. The molecule has 0 bridgehead atoms. The maximum atomic E-state index is 13.0. The van der Waals surface area contributed by atoms with E-state index >= 15 is 0 Å². The molecule has 2 rings (SSSR count). The van der Waals surface area contributed by atoms with Crippen molar-refractivity contribution < 1.29 is 27.9 Å². The Labute approximate surface area is 159 Å². The fourth-order valence-corrected chi connectivity index (χ4v) is 4.68. The molecule has 0 aromatic heterocycles. The Kier molecular flexibility index (Phi) is 7.61. The molecule has 1 saturated heterocycles. The van der Waals surface area contributed by atoms with E-state index in [4.69, 9.17) is 9.84 Å². The first-order valence-corrected chi connectivity index (χ1v) is 10.5. The number of rotatable bonds is 9. The number of carboxylic acids is 1. The van der Waals surface area contributed by atoms with Crippen LogP contribution in [-0.4, -0.2) is 49.9 Å². The van der Waals surface area contributed by atoms with Crippen LogP contribution in [-0.2, 0) is 19.6 Å². The number of piperidine rings is 1. The zero-order chi connectivity index (χ0) is 19.9. The molecule has 1 aliphatic rings. The second-order valence-electron chi connectivity index (χ2n) is 6.48. The van der Waals surface area contributed by atoms with E-state index in [0.717, 1.165) is 19.3 Å². The molecule has 0 unspecified atom stereocenters. The van der Waals surface area contributed by atoms with Crippen molar-refractivity contribution in [2.24, 2.45) is 0 Å². The maximum Gasteiger partial charge on any atom is 0.303 e. The average Bonchev–Trinajstić information content (AvgIpc) is 2.65. The van der Waals surface area contributed by atoms with Gasteiger partial charge in [0.2, 0.25) is 15.9 Å². The van der Waals surface area contributed by atoms with Crippen LogP contribution in [0.25, 0.3) is 0 Å².